The van der Waals surface area contributed by atoms with E-state index in [1.54, 1.807) is 0 Å². The third kappa shape index (κ3) is 3.34. The molecular formula is C23H24F3N5O. The number of H-pyrrole nitrogens is 1. The van der Waals surface area contributed by atoms with Crippen molar-refractivity contribution in [3.8, 4) is 0 Å². The number of benzene rings is 1. The molecule has 32 heavy (non-hydrogen) atoms. The van der Waals surface area contributed by atoms with Gasteiger partial charge in [-0.15, -0.1) is 0 Å². The van der Waals surface area contributed by atoms with Gasteiger partial charge in [-0.05, 0) is 30.0 Å². The number of aromatic nitrogens is 3. The Morgan fingerprint density at radius 3 is 2.66 bits per heavy atom. The number of hydrogen-bond acceptors (Lipinski definition) is 5. The topological polar surface area (TPSA) is 66.1 Å². The molecule has 6 rings (SSSR count). The van der Waals surface area contributed by atoms with Gasteiger partial charge in [0.15, 0.2) is 0 Å². The van der Waals surface area contributed by atoms with Crippen molar-refractivity contribution in [3.63, 3.8) is 0 Å². The normalized spacial score (nSPS) is 28.1. The summed E-state index contributed by atoms with van der Waals surface area (Å²) in [6.45, 7) is 3.63. The number of anilines is 1. The summed E-state index contributed by atoms with van der Waals surface area (Å²) in [5.74, 6) is 1.56. The molecule has 4 atom stereocenters. The monoisotopic (exact) mass is 443 g/mol. The summed E-state index contributed by atoms with van der Waals surface area (Å²) in [6.07, 6.45) is -1.18. The average Bonchev–Trinajstić information content (AvgIpc) is 3.48. The van der Waals surface area contributed by atoms with E-state index in [0.29, 0.717) is 23.0 Å². The molecule has 0 bridgehead atoms. The van der Waals surface area contributed by atoms with Gasteiger partial charge in [-0.3, -0.25) is 4.90 Å². The molecule has 0 saturated carbocycles. The summed E-state index contributed by atoms with van der Waals surface area (Å²) >= 11 is 0. The van der Waals surface area contributed by atoms with Gasteiger partial charge >= 0.3 is 6.18 Å². The van der Waals surface area contributed by atoms with Crippen LogP contribution in [-0.2, 0) is 17.3 Å². The minimum Gasteiger partial charge on any atom is -0.381 e. The first-order valence-corrected chi connectivity index (χ1v) is 11.0. The van der Waals surface area contributed by atoms with Crippen LogP contribution < -0.4 is 5.32 Å². The van der Waals surface area contributed by atoms with Gasteiger partial charge in [0.05, 0.1) is 24.6 Å². The Bertz CT molecular complexity index is 1130. The van der Waals surface area contributed by atoms with Crippen LogP contribution in [0, 0.1) is 11.8 Å². The van der Waals surface area contributed by atoms with E-state index in [-0.39, 0.29) is 17.7 Å². The Morgan fingerprint density at radius 2 is 1.88 bits per heavy atom. The van der Waals surface area contributed by atoms with E-state index in [1.165, 1.54) is 17.5 Å². The second-order valence-corrected chi connectivity index (χ2v) is 9.10. The highest BCUT2D eigenvalue weighted by atomic mass is 19.4. The van der Waals surface area contributed by atoms with Crippen LogP contribution in [0.3, 0.4) is 0 Å². The van der Waals surface area contributed by atoms with E-state index in [4.69, 9.17) is 4.74 Å². The van der Waals surface area contributed by atoms with Crippen LogP contribution in [0.25, 0.3) is 11.0 Å². The molecule has 0 amide bonds. The predicted octanol–water partition coefficient (Wildman–Crippen LogP) is 4.02. The van der Waals surface area contributed by atoms with Crippen molar-refractivity contribution in [1.82, 2.24) is 19.9 Å². The third-order valence-electron chi connectivity index (χ3n) is 7.25. The Balaban J connectivity index is 1.37. The number of nitrogens with one attached hydrogen (secondary N) is 2. The molecule has 1 aromatic carbocycles. The highest BCUT2D eigenvalue weighted by Gasteiger charge is 2.43. The zero-order valence-corrected chi connectivity index (χ0v) is 17.4. The van der Waals surface area contributed by atoms with Crippen LogP contribution in [0.15, 0.2) is 36.7 Å². The largest absolute Gasteiger partial charge is 0.431 e. The highest BCUT2D eigenvalue weighted by molar-refractivity contribution is 5.88. The van der Waals surface area contributed by atoms with Crippen molar-refractivity contribution in [1.29, 1.82) is 0 Å². The van der Waals surface area contributed by atoms with Crippen molar-refractivity contribution in [2.24, 2.45) is 11.8 Å². The summed E-state index contributed by atoms with van der Waals surface area (Å²) in [6, 6.07) is 9.59. The molecule has 0 radical (unpaired) electrons. The van der Waals surface area contributed by atoms with E-state index in [1.807, 2.05) is 12.1 Å². The third-order valence-corrected chi connectivity index (χ3v) is 7.25. The second kappa shape index (κ2) is 7.45. The van der Waals surface area contributed by atoms with Crippen LogP contribution in [0.5, 0.6) is 0 Å². The molecule has 2 fully saturated rings. The molecule has 2 saturated heterocycles. The van der Waals surface area contributed by atoms with E-state index >= 15 is 0 Å². The molecule has 3 aromatic rings. The van der Waals surface area contributed by atoms with Crippen molar-refractivity contribution in [3.05, 3.63) is 53.5 Å². The number of ether oxygens (including phenoxy) is 1. The fourth-order valence-electron chi connectivity index (χ4n) is 5.66. The zero-order chi connectivity index (χ0) is 21.9. The van der Waals surface area contributed by atoms with Crippen LogP contribution in [0.2, 0.25) is 0 Å². The first kappa shape index (κ1) is 20.0. The molecule has 1 aliphatic carbocycles. The molecule has 2 aliphatic heterocycles. The number of aryl methyl sites for hydroxylation is 1. The van der Waals surface area contributed by atoms with E-state index in [2.05, 4.69) is 37.3 Å². The van der Waals surface area contributed by atoms with Gasteiger partial charge in [-0.2, -0.15) is 13.2 Å². The van der Waals surface area contributed by atoms with Crippen LogP contribution in [0.1, 0.15) is 29.3 Å². The quantitative estimate of drug-likeness (QED) is 0.640. The Hall–Kier alpha value is -2.65. The fraction of sp³-hybridized carbons (Fsp3) is 0.478. The molecule has 2 aromatic heterocycles. The standard InChI is InChI=1S/C23H24F3N5O/c24-23(25,26)19-7-17-21(29-19)27-12-28-22(17)30-20-16-4-2-1-3-13(16)5-6-18(20)31-8-14-10-32-11-15(14)9-31/h1-4,7,12,14-15,18,20H,5-6,8-11H2,(H2,27,28,29,30)/t14-,15+,18-,20-/m0/s1. The van der Waals surface area contributed by atoms with Gasteiger partial charge in [-0.1, -0.05) is 24.3 Å². The predicted molar refractivity (Wildman–Crippen MR) is 113 cm³/mol. The van der Waals surface area contributed by atoms with Crippen molar-refractivity contribution < 1.29 is 17.9 Å². The number of fused-ring (bicyclic) bond motifs is 3. The molecule has 3 aliphatic rings. The maximum atomic E-state index is 13.3. The summed E-state index contributed by atoms with van der Waals surface area (Å²) in [7, 11) is 0. The van der Waals surface area contributed by atoms with Crippen LogP contribution >= 0.6 is 0 Å². The van der Waals surface area contributed by atoms with Crippen LogP contribution in [0.4, 0.5) is 19.0 Å². The van der Waals surface area contributed by atoms with Gasteiger partial charge in [0.1, 0.15) is 23.5 Å². The summed E-state index contributed by atoms with van der Waals surface area (Å²) < 4.78 is 45.5. The minimum absolute atomic E-state index is 0.0676. The van der Waals surface area contributed by atoms with Crippen molar-refractivity contribution in [2.45, 2.75) is 31.1 Å². The lowest BCUT2D eigenvalue weighted by molar-refractivity contribution is -0.140. The lowest BCUT2D eigenvalue weighted by atomic mass is 9.83. The Kier molecular flexibility index (Phi) is 4.65. The van der Waals surface area contributed by atoms with Gasteiger partial charge in [0, 0.05) is 31.0 Å². The summed E-state index contributed by atoms with van der Waals surface area (Å²) in [5.41, 5.74) is 1.84. The lowest BCUT2D eigenvalue weighted by Gasteiger charge is -2.40. The number of halogens is 3. The van der Waals surface area contributed by atoms with Gasteiger partial charge in [-0.25, -0.2) is 9.97 Å². The van der Waals surface area contributed by atoms with Crippen LogP contribution in [-0.4, -0.2) is 52.2 Å². The fourth-order valence-corrected chi connectivity index (χ4v) is 5.66. The van der Waals surface area contributed by atoms with Crippen molar-refractivity contribution >= 4 is 16.9 Å². The number of likely N-dealkylation sites (tertiary alicyclic amines) is 1. The molecule has 4 heterocycles. The highest BCUT2D eigenvalue weighted by Crippen LogP contribution is 2.41. The van der Waals surface area contributed by atoms with E-state index in [0.717, 1.165) is 45.2 Å². The Labute approximate surface area is 183 Å². The van der Waals surface area contributed by atoms with Gasteiger partial charge in [0.2, 0.25) is 0 Å². The molecule has 6 nitrogen and oxygen atoms in total. The van der Waals surface area contributed by atoms with Gasteiger partial charge < -0.3 is 15.0 Å². The number of hydrogen-bond donors (Lipinski definition) is 2. The average molecular weight is 443 g/mol. The number of nitrogens with zero attached hydrogens (tertiary/aromatic N) is 3. The number of alkyl halides is 3. The SMILES string of the molecule is FC(F)(F)c1cc2c(N[C@H]3c4ccccc4CC[C@@H]3N3C[C@H]4COC[C@H]4C3)ncnc2[nH]1. The summed E-state index contributed by atoms with van der Waals surface area (Å²) in [5, 5.41) is 3.88. The smallest absolute Gasteiger partial charge is 0.381 e. The molecular weight excluding hydrogens is 419 g/mol. The van der Waals surface area contributed by atoms with E-state index in [9.17, 15) is 13.2 Å². The lowest BCUT2D eigenvalue weighted by Crippen LogP contribution is -2.44. The summed E-state index contributed by atoms with van der Waals surface area (Å²) in [4.78, 5) is 13.3. The number of aromatic amines is 1. The minimum atomic E-state index is -4.46. The Morgan fingerprint density at radius 1 is 1.09 bits per heavy atom. The van der Waals surface area contributed by atoms with Gasteiger partial charge in [0.25, 0.3) is 0 Å². The molecule has 0 unspecified atom stereocenters. The number of rotatable bonds is 3. The molecule has 2 N–H and O–H groups in total. The molecule has 0 spiro atoms. The second-order valence-electron chi connectivity index (χ2n) is 9.10. The molecule has 168 valence electrons. The maximum Gasteiger partial charge on any atom is 0.431 e. The first-order chi connectivity index (χ1) is 15.5. The zero-order valence-electron chi connectivity index (χ0n) is 17.4. The first-order valence-electron chi connectivity index (χ1n) is 11.0. The molecule has 9 heteroatoms. The van der Waals surface area contributed by atoms with E-state index < -0.39 is 11.9 Å². The maximum absolute atomic E-state index is 13.3. The van der Waals surface area contributed by atoms with Crippen molar-refractivity contribution in [2.75, 3.05) is 31.6 Å².